The maximum absolute atomic E-state index is 6.10. The Hall–Kier alpha value is -1.02. The number of hydrogen-bond acceptors (Lipinski definition) is 1. The van der Waals surface area contributed by atoms with Gasteiger partial charge in [-0.05, 0) is 50.3 Å². The number of hydrogen-bond donors (Lipinski definition) is 0. The summed E-state index contributed by atoms with van der Waals surface area (Å²) >= 11 is 6.10. The number of aryl methyl sites for hydroxylation is 1. The minimum atomic E-state index is 0.271. The lowest BCUT2D eigenvalue weighted by atomic mass is 9.74. The van der Waals surface area contributed by atoms with Crippen molar-refractivity contribution in [1.29, 1.82) is 0 Å². The molecule has 1 saturated carbocycles. The number of rotatable bonds is 3. The standard InChI is InChI=1S/C15H19ClN2/c1-3-15(7-4-8-15)18-13-9-11(2)5-6-12(13)17-14(18)10-16/h5-6,9H,3-4,7-8,10H2,1-2H3. The lowest BCUT2D eigenvalue weighted by molar-refractivity contribution is 0.138. The quantitative estimate of drug-likeness (QED) is 0.751. The fourth-order valence-electron chi connectivity index (χ4n) is 3.17. The third-order valence-electron chi connectivity index (χ3n) is 4.42. The maximum Gasteiger partial charge on any atom is 0.125 e. The first kappa shape index (κ1) is 12.0. The predicted octanol–water partition coefficient (Wildman–Crippen LogP) is 4.37. The number of imidazole rings is 1. The normalized spacial score (nSPS) is 17.9. The van der Waals surface area contributed by atoms with E-state index in [0.29, 0.717) is 5.88 Å². The molecule has 18 heavy (non-hydrogen) atoms. The molecule has 0 aliphatic heterocycles. The summed E-state index contributed by atoms with van der Waals surface area (Å²) in [5.41, 5.74) is 3.89. The van der Waals surface area contributed by atoms with Gasteiger partial charge in [-0.25, -0.2) is 4.98 Å². The molecule has 0 unspecified atom stereocenters. The second kappa shape index (κ2) is 4.27. The Labute approximate surface area is 113 Å². The van der Waals surface area contributed by atoms with Crippen LogP contribution in [0.4, 0.5) is 0 Å². The Kier molecular flexibility index (Phi) is 2.86. The smallest absolute Gasteiger partial charge is 0.125 e. The van der Waals surface area contributed by atoms with E-state index < -0.39 is 0 Å². The Morgan fingerprint density at radius 1 is 1.39 bits per heavy atom. The van der Waals surface area contributed by atoms with Crippen LogP contribution in [0.15, 0.2) is 18.2 Å². The molecule has 0 saturated heterocycles. The Morgan fingerprint density at radius 3 is 2.72 bits per heavy atom. The van der Waals surface area contributed by atoms with Crippen molar-refractivity contribution in [3.8, 4) is 0 Å². The number of alkyl halides is 1. The highest BCUT2D eigenvalue weighted by molar-refractivity contribution is 6.16. The van der Waals surface area contributed by atoms with Gasteiger partial charge in [-0.15, -0.1) is 11.6 Å². The summed E-state index contributed by atoms with van der Waals surface area (Å²) in [4.78, 5) is 4.70. The van der Waals surface area contributed by atoms with E-state index in [4.69, 9.17) is 16.6 Å². The number of halogens is 1. The molecule has 1 aromatic heterocycles. The predicted molar refractivity (Wildman–Crippen MR) is 76.1 cm³/mol. The third-order valence-corrected chi connectivity index (χ3v) is 4.65. The summed E-state index contributed by atoms with van der Waals surface area (Å²) in [5.74, 6) is 1.52. The molecule has 1 aliphatic rings. The van der Waals surface area contributed by atoms with E-state index in [0.717, 1.165) is 17.8 Å². The molecule has 0 bridgehead atoms. The molecule has 0 radical (unpaired) electrons. The van der Waals surface area contributed by atoms with Gasteiger partial charge in [0.15, 0.2) is 0 Å². The van der Waals surface area contributed by atoms with Crippen molar-refractivity contribution in [1.82, 2.24) is 9.55 Å². The first-order chi connectivity index (χ1) is 8.70. The van der Waals surface area contributed by atoms with Gasteiger partial charge in [0.2, 0.25) is 0 Å². The number of benzene rings is 1. The van der Waals surface area contributed by atoms with Crippen LogP contribution in [-0.4, -0.2) is 9.55 Å². The van der Waals surface area contributed by atoms with Gasteiger partial charge in [0.05, 0.1) is 16.9 Å². The van der Waals surface area contributed by atoms with Gasteiger partial charge in [-0.3, -0.25) is 0 Å². The largest absolute Gasteiger partial charge is 0.321 e. The van der Waals surface area contributed by atoms with Crippen molar-refractivity contribution < 1.29 is 0 Å². The lowest BCUT2D eigenvalue weighted by Crippen LogP contribution is -2.40. The summed E-state index contributed by atoms with van der Waals surface area (Å²) in [6.07, 6.45) is 5.00. The van der Waals surface area contributed by atoms with E-state index in [1.165, 1.54) is 30.3 Å². The Morgan fingerprint density at radius 2 is 2.17 bits per heavy atom. The summed E-state index contributed by atoms with van der Waals surface area (Å²) < 4.78 is 2.42. The average Bonchev–Trinajstić information content (AvgIpc) is 2.67. The molecule has 96 valence electrons. The molecule has 0 spiro atoms. The molecule has 2 nitrogen and oxygen atoms in total. The highest BCUT2D eigenvalue weighted by atomic mass is 35.5. The van der Waals surface area contributed by atoms with Crippen LogP contribution in [0.1, 0.15) is 44.0 Å². The van der Waals surface area contributed by atoms with Gasteiger partial charge in [-0.2, -0.15) is 0 Å². The summed E-state index contributed by atoms with van der Waals surface area (Å²) in [6, 6.07) is 6.48. The van der Waals surface area contributed by atoms with Crippen LogP contribution in [0.5, 0.6) is 0 Å². The maximum atomic E-state index is 6.10. The highest BCUT2D eigenvalue weighted by Gasteiger charge is 2.39. The zero-order chi connectivity index (χ0) is 12.8. The zero-order valence-corrected chi connectivity index (χ0v) is 11.8. The average molecular weight is 263 g/mol. The Balaban J connectivity index is 2.27. The molecule has 1 fully saturated rings. The van der Waals surface area contributed by atoms with Crippen LogP contribution in [-0.2, 0) is 11.4 Å². The first-order valence-electron chi connectivity index (χ1n) is 6.74. The second-order valence-electron chi connectivity index (χ2n) is 5.42. The molecule has 2 aromatic rings. The molecule has 1 aromatic carbocycles. The molecular weight excluding hydrogens is 244 g/mol. The topological polar surface area (TPSA) is 17.8 Å². The van der Waals surface area contributed by atoms with E-state index in [9.17, 15) is 0 Å². The fourth-order valence-corrected chi connectivity index (χ4v) is 3.35. The van der Waals surface area contributed by atoms with Crippen LogP contribution in [0.2, 0.25) is 0 Å². The molecule has 3 rings (SSSR count). The molecule has 0 N–H and O–H groups in total. The summed E-state index contributed by atoms with van der Waals surface area (Å²) in [7, 11) is 0. The highest BCUT2D eigenvalue weighted by Crippen LogP contribution is 2.44. The summed E-state index contributed by atoms with van der Waals surface area (Å²) in [6.45, 7) is 4.41. The molecule has 1 aliphatic carbocycles. The molecule has 0 atom stereocenters. The van der Waals surface area contributed by atoms with E-state index in [1.54, 1.807) is 0 Å². The van der Waals surface area contributed by atoms with E-state index >= 15 is 0 Å². The first-order valence-corrected chi connectivity index (χ1v) is 7.28. The van der Waals surface area contributed by atoms with Crippen molar-refractivity contribution >= 4 is 22.6 Å². The number of fused-ring (bicyclic) bond motifs is 1. The number of nitrogens with zero attached hydrogens (tertiary/aromatic N) is 2. The van der Waals surface area contributed by atoms with E-state index in [1.807, 2.05) is 0 Å². The molecule has 3 heteroatoms. The summed E-state index contributed by atoms with van der Waals surface area (Å²) in [5, 5.41) is 0. The second-order valence-corrected chi connectivity index (χ2v) is 5.69. The zero-order valence-electron chi connectivity index (χ0n) is 11.0. The van der Waals surface area contributed by atoms with Crippen LogP contribution in [0.3, 0.4) is 0 Å². The molecule has 1 heterocycles. The van der Waals surface area contributed by atoms with Gasteiger partial charge in [-0.1, -0.05) is 13.0 Å². The van der Waals surface area contributed by atoms with Crippen molar-refractivity contribution in [3.63, 3.8) is 0 Å². The van der Waals surface area contributed by atoms with Gasteiger partial charge >= 0.3 is 0 Å². The molecule has 0 amide bonds. The third kappa shape index (κ3) is 1.58. The van der Waals surface area contributed by atoms with Gasteiger partial charge in [0.1, 0.15) is 5.82 Å². The van der Waals surface area contributed by atoms with Gasteiger partial charge in [0, 0.05) is 5.54 Å². The van der Waals surface area contributed by atoms with Crippen LogP contribution >= 0.6 is 11.6 Å². The van der Waals surface area contributed by atoms with E-state index in [-0.39, 0.29) is 5.54 Å². The lowest BCUT2D eigenvalue weighted by Gasteiger charge is -2.44. The molecular formula is C15H19ClN2. The van der Waals surface area contributed by atoms with E-state index in [2.05, 4.69) is 36.6 Å². The van der Waals surface area contributed by atoms with Crippen LogP contribution < -0.4 is 0 Å². The minimum Gasteiger partial charge on any atom is -0.321 e. The van der Waals surface area contributed by atoms with Crippen molar-refractivity contribution in [3.05, 3.63) is 29.6 Å². The Bertz CT molecular complexity index is 576. The van der Waals surface area contributed by atoms with Gasteiger partial charge in [0.25, 0.3) is 0 Å². The SMILES string of the molecule is CCC1(n2c(CCl)nc3ccc(C)cc32)CCC1. The fraction of sp³-hybridized carbons (Fsp3) is 0.533. The van der Waals surface area contributed by atoms with Crippen molar-refractivity contribution in [2.75, 3.05) is 0 Å². The van der Waals surface area contributed by atoms with Crippen molar-refractivity contribution in [2.45, 2.75) is 50.9 Å². The van der Waals surface area contributed by atoms with Gasteiger partial charge < -0.3 is 4.57 Å². The number of aromatic nitrogens is 2. The minimum absolute atomic E-state index is 0.271. The van der Waals surface area contributed by atoms with Crippen LogP contribution in [0, 0.1) is 6.92 Å². The van der Waals surface area contributed by atoms with Crippen LogP contribution in [0.25, 0.3) is 11.0 Å². The monoisotopic (exact) mass is 262 g/mol. The van der Waals surface area contributed by atoms with Crippen molar-refractivity contribution in [2.24, 2.45) is 0 Å².